The molecule has 0 radical (unpaired) electrons. The number of likely N-dealkylation sites (tertiary alicyclic amines) is 1. The van der Waals surface area contributed by atoms with Gasteiger partial charge in [0.15, 0.2) is 0 Å². The molecule has 0 saturated carbocycles. The molecule has 2 rings (SSSR count). The van der Waals surface area contributed by atoms with Crippen molar-refractivity contribution < 1.29 is 9.53 Å². The van der Waals surface area contributed by atoms with Crippen molar-refractivity contribution in [2.45, 2.75) is 64.1 Å². The molecular formula is C14H26N2O2. The highest BCUT2D eigenvalue weighted by molar-refractivity contribution is 5.78. The summed E-state index contributed by atoms with van der Waals surface area (Å²) in [4.78, 5) is 14.3. The Morgan fingerprint density at radius 1 is 1.28 bits per heavy atom. The Morgan fingerprint density at radius 2 is 2.00 bits per heavy atom. The van der Waals surface area contributed by atoms with Crippen LogP contribution in [0.2, 0.25) is 0 Å². The van der Waals surface area contributed by atoms with Crippen LogP contribution in [-0.2, 0) is 9.53 Å². The average Bonchev–Trinajstić information content (AvgIpc) is 2.78. The van der Waals surface area contributed by atoms with Gasteiger partial charge < -0.3 is 15.0 Å². The van der Waals surface area contributed by atoms with Crippen molar-refractivity contribution in [1.82, 2.24) is 10.2 Å². The predicted octanol–water partition coefficient (Wildman–Crippen LogP) is 1.54. The number of carbonyl (C=O) groups excluding carboxylic acids is 1. The van der Waals surface area contributed by atoms with E-state index in [-0.39, 0.29) is 18.6 Å². The van der Waals surface area contributed by atoms with Gasteiger partial charge in [0.2, 0.25) is 5.91 Å². The zero-order valence-corrected chi connectivity index (χ0v) is 11.7. The lowest BCUT2D eigenvalue weighted by Gasteiger charge is -2.29. The highest BCUT2D eigenvalue weighted by atomic mass is 16.5. The van der Waals surface area contributed by atoms with Gasteiger partial charge in [-0.3, -0.25) is 4.79 Å². The monoisotopic (exact) mass is 254 g/mol. The van der Waals surface area contributed by atoms with Gasteiger partial charge in [-0.15, -0.1) is 0 Å². The second kappa shape index (κ2) is 6.53. The van der Waals surface area contributed by atoms with Crippen LogP contribution >= 0.6 is 0 Å². The lowest BCUT2D eigenvalue weighted by atomic mass is 10.1. The van der Waals surface area contributed by atoms with Gasteiger partial charge in [-0.05, 0) is 52.1 Å². The largest absolute Gasteiger partial charge is 0.368 e. The molecule has 0 spiro atoms. The molecule has 0 aliphatic carbocycles. The van der Waals surface area contributed by atoms with Crippen LogP contribution in [-0.4, -0.2) is 48.7 Å². The minimum atomic E-state index is 0.186. The molecule has 104 valence electrons. The first-order chi connectivity index (χ1) is 8.72. The first-order valence-corrected chi connectivity index (χ1v) is 7.35. The van der Waals surface area contributed by atoms with Gasteiger partial charge in [-0.2, -0.15) is 0 Å². The lowest BCUT2D eigenvalue weighted by Crippen LogP contribution is -2.43. The molecular weight excluding hydrogens is 228 g/mol. The maximum absolute atomic E-state index is 12.3. The Balaban J connectivity index is 1.79. The van der Waals surface area contributed by atoms with Gasteiger partial charge in [0.25, 0.3) is 0 Å². The van der Waals surface area contributed by atoms with Gasteiger partial charge in [0.1, 0.15) is 6.61 Å². The molecule has 2 heterocycles. The molecule has 0 aromatic rings. The van der Waals surface area contributed by atoms with Crippen LogP contribution in [0.3, 0.4) is 0 Å². The molecule has 2 aliphatic rings. The first kappa shape index (κ1) is 13.8. The van der Waals surface area contributed by atoms with Crippen molar-refractivity contribution in [3.05, 3.63) is 0 Å². The number of ether oxygens (including phenoxy) is 1. The third-order valence-corrected chi connectivity index (χ3v) is 4.27. The van der Waals surface area contributed by atoms with Gasteiger partial charge in [0.05, 0.1) is 6.10 Å². The average molecular weight is 254 g/mol. The van der Waals surface area contributed by atoms with E-state index in [2.05, 4.69) is 24.1 Å². The Labute approximate surface area is 110 Å². The molecule has 4 heteroatoms. The second-order valence-corrected chi connectivity index (χ2v) is 5.55. The Kier molecular flexibility index (Phi) is 5.01. The molecule has 2 fully saturated rings. The summed E-state index contributed by atoms with van der Waals surface area (Å²) in [6, 6.07) is 0.822. The quantitative estimate of drug-likeness (QED) is 0.827. The highest BCUT2D eigenvalue weighted by Crippen LogP contribution is 2.26. The topological polar surface area (TPSA) is 41.6 Å². The van der Waals surface area contributed by atoms with Crippen LogP contribution in [0.25, 0.3) is 0 Å². The molecule has 2 atom stereocenters. The number of hydrogen-bond acceptors (Lipinski definition) is 3. The number of nitrogens with one attached hydrogen (secondary N) is 1. The van der Waals surface area contributed by atoms with Crippen LogP contribution in [0, 0.1) is 0 Å². The number of hydrogen-bond donors (Lipinski definition) is 1. The van der Waals surface area contributed by atoms with E-state index in [1.165, 1.54) is 0 Å². The summed E-state index contributed by atoms with van der Waals surface area (Å²) in [5.41, 5.74) is 0. The van der Waals surface area contributed by atoms with E-state index in [1.807, 2.05) is 0 Å². The third-order valence-electron chi connectivity index (χ3n) is 4.27. The zero-order chi connectivity index (χ0) is 13.0. The van der Waals surface area contributed by atoms with E-state index in [9.17, 15) is 4.79 Å². The molecule has 2 aliphatic heterocycles. The van der Waals surface area contributed by atoms with E-state index in [0.29, 0.717) is 12.1 Å². The van der Waals surface area contributed by atoms with Gasteiger partial charge in [-0.1, -0.05) is 6.92 Å². The molecule has 1 N–H and O–H groups in total. The number of nitrogens with zero attached hydrogens (tertiary/aromatic N) is 1. The van der Waals surface area contributed by atoms with Crippen molar-refractivity contribution in [3.8, 4) is 0 Å². The predicted molar refractivity (Wildman–Crippen MR) is 71.5 cm³/mol. The molecule has 18 heavy (non-hydrogen) atoms. The SMILES string of the molecule is CCC1CCC(C)N1C(=O)COC1CCNCC1. The van der Waals surface area contributed by atoms with Crippen LogP contribution in [0.1, 0.15) is 46.0 Å². The summed E-state index contributed by atoms with van der Waals surface area (Å²) in [5, 5.41) is 3.31. The molecule has 2 saturated heterocycles. The summed E-state index contributed by atoms with van der Waals surface area (Å²) in [5.74, 6) is 0.186. The van der Waals surface area contributed by atoms with Crippen molar-refractivity contribution in [1.29, 1.82) is 0 Å². The normalized spacial score (nSPS) is 29.8. The minimum absolute atomic E-state index is 0.186. The summed E-state index contributed by atoms with van der Waals surface area (Å²) < 4.78 is 5.77. The van der Waals surface area contributed by atoms with E-state index in [4.69, 9.17) is 4.74 Å². The molecule has 0 bridgehead atoms. The standard InChI is InChI=1S/C14H26N2O2/c1-3-12-5-4-11(2)16(12)14(17)10-18-13-6-8-15-9-7-13/h11-13,15H,3-10H2,1-2H3. The first-order valence-electron chi connectivity index (χ1n) is 7.35. The van der Waals surface area contributed by atoms with Crippen molar-refractivity contribution in [2.75, 3.05) is 19.7 Å². The van der Waals surface area contributed by atoms with Crippen molar-refractivity contribution >= 4 is 5.91 Å². The van der Waals surface area contributed by atoms with Crippen LogP contribution in [0.4, 0.5) is 0 Å². The molecule has 4 nitrogen and oxygen atoms in total. The Hall–Kier alpha value is -0.610. The van der Waals surface area contributed by atoms with Crippen molar-refractivity contribution in [2.24, 2.45) is 0 Å². The number of piperidine rings is 1. The van der Waals surface area contributed by atoms with E-state index in [0.717, 1.165) is 45.2 Å². The van der Waals surface area contributed by atoms with Gasteiger partial charge >= 0.3 is 0 Å². The summed E-state index contributed by atoms with van der Waals surface area (Å²) >= 11 is 0. The molecule has 1 amide bonds. The van der Waals surface area contributed by atoms with Gasteiger partial charge in [0, 0.05) is 12.1 Å². The minimum Gasteiger partial charge on any atom is -0.368 e. The smallest absolute Gasteiger partial charge is 0.249 e. The fourth-order valence-electron chi connectivity index (χ4n) is 3.15. The zero-order valence-electron chi connectivity index (χ0n) is 11.7. The molecule has 0 aromatic heterocycles. The van der Waals surface area contributed by atoms with Crippen LogP contribution in [0.15, 0.2) is 0 Å². The van der Waals surface area contributed by atoms with Crippen LogP contribution < -0.4 is 5.32 Å². The maximum atomic E-state index is 12.3. The Bertz CT molecular complexity index is 277. The van der Waals surface area contributed by atoms with Gasteiger partial charge in [-0.25, -0.2) is 0 Å². The lowest BCUT2D eigenvalue weighted by molar-refractivity contribution is -0.141. The maximum Gasteiger partial charge on any atom is 0.249 e. The summed E-state index contributed by atoms with van der Waals surface area (Å²) in [7, 11) is 0. The van der Waals surface area contributed by atoms with E-state index < -0.39 is 0 Å². The fraction of sp³-hybridized carbons (Fsp3) is 0.929. The third kappa shape index (κ3) is 3.23. The summed E-state index contributed by atoms with van der Waals surface area (Å²) in [6.45, 7) is 6.60. The summed E-state index contributed by atoms with van der Waals surface area (Å²) in [6.07, 6.45) is 5.67. The van der Waals surface area contributed by atoms with E-state index in [1.54, 1.807) is 0 Å². The number of rotatable bonds is 4. The fourth-order valence-corrected chi connectivity index (χ4v) is 3.15. The molecule has 0 aromatic carbocycles. The number of amides is 1. The van der Waals surface area contributed by atoms with E-state index >= 15 is 0 Å². The molecule has 2 unspecified atom stereocenters. The highest BCUT2D eigenvalue weighted by Gasteiger charge is 2.33. The Morgan fingerprint density at radius 3 is 2.67 bits per heavy atom. The van der Waals surface area contributed by atoms with Crippen LogP contribution in [0.5, 0.6) is 0 Å². The second-order valence-electron chi connectivity index (χ2n) is 5.55. The number of carbonyl (C=O) groups is 1. The van der Waals surface area contributed by atoms with Crippen molar-refractivity contribution in [3.63, 3.8) is 0 Å².